The predicted octanol–water partition coefficient (Wildman–Crippen LogP) is 2.36. The normalized spacial score (nSPS) is 19.1. The molecule has 1 saturated heterocycles. The molecular formula is C11H14BrNO3S. The summed E-state index contributed by atoms with van der Waals surface area (Å²) in [5, 5.41) is 11.0. The summed E-state index contributed by atoms with van der Waals surface area (Å²) in [4.78, 5) is 14.3. The van der Waals surface area contributed by atoms with E-state index in [1.165, 1.54) is 0 Å². The van der Waals surface area contributed by atoms with Crippen molar-refractivity contribution in [1.82, 2.24) is 4.90 Å². The van der Waals surface area contributed by atoms with Crippen molar-refractivity contribution >= 4 is 33.2 Å². The summed E-state index contributed by atoms with van der Waals surface area (Å²) >= 11 is 5.08. The third kappa shape index (κ3) is 3.28. The van der Waals surface area contributed by atoms with E-state index in [9.17, 15) is 4.79 Å². The molecule has 0 saturated carbocycles. The number of hydrogen-bond donors (Lipinski definition) is 1. The summed E-state index contributed by atoms with van der Waals surface area (Å²) in [5.41, 5.74) is 0. The topological polar surface area (TPSA) is 49.8 Å². The highest BCUT2D eigenvalue weighted by Crippen LogP contribution is 2.35. The minimum atomic E-state index is -0.762. The fourth-order valence-electron chi connectivity index (χ4n) is 1.99. The van der Waals surface area contributed by atoms with E-state index >= 15 is 0 Å². The third-order valence-corrected chi connectivity index (χ3v) is 4.77. The molecule has 2 rings (SSSR count). The number of ether oxygens (including phenoxy) is 1. The summed E-state index contributed by atoms with van der Waals surface area (Å²) in [6.07, 6.45) is 0.138. The largest absolute Gasteiger partial charge is 0.481 e. The van der Waals surface area contributed by atoms with Gasteiger partial charge in [0, 0.05) is 22.4 Å². The lowest BCUT2D eigenvalue weighted by atomic mass is 10.1. The van der Waals surface area contributed by atoms with Crippen molar-refractivity contribution in [3.8, 4) is 0 Å². The van der Waals surface area contributed by atoms with Crippen LogP contribution in [0.5, 0.6) is 0 Å². The van der Waals surface area contributed by atoms with Crippen molar-refractivity contribution in [1.29, 1.82) is 0 Å². The summed E-state index contributed by atoms with van der Waals surface area (Å²) in [6, 6.07) is 1.92. The van der Waals surface area contributed by atoms with Crippen molar-refractivity contribution in [3.63, 3.8) is 0 Å². The number of carboxylic acids is 1. The Labute approximate surface area is 112 Å². The Hall–Kier alpha value is -0.430. The number of carboxylic acid groups (broad SMARTS) is 1. The van der Waals surface area contributed by atoms with E-state index in [1.807, 2.05) is 11.4 Å². The van der Waals surface area contributed by atoms with Crippen LogP contribution in [0.4, 0.5) is 0 Å². The van der Waals surface area contributed by atoms with Crippen molar-refractivity contribution in [2.24, 2.45) is 0 Å². The van der Waals surface area contributed by atoms with Crippen LogP contribution in [-0.2, 0) is 9.53 Å². The van der Waals surface area contributed by atoms with Gasteiger partial charge >= 0.3 is 5.97 Å². The van der Waals surface area contributed by atoms with Crippen LogP contribution in [0.15, 0.2) is 15.9 Å². The van der Waals surface area contributed by atoms with Gasteiger partial charge in [0.1, 0.15) is 0 Å². The fraction of sp³-hybridized carbons (Fsp3) is 0.545. The second-order valence-electron chi connectivity index (χ2n) is 3.89. The van der Waals surface area contributed by atoms with Crippen LogP contribution in [-0.4, -0.2) is 42.3 Å². The Morgan fingerprint density at radius 1 is 1.59 bits per heavy atom. The highest BCUT2D eigenvalue weighted by atomic mass is 79.9. The summed E-state index contributed by atoms with van der Waals surface area (Å²) in [7, 11) is 0. The molecule has 2 heterocycles. The average Bonchev–Trinajstić information content (AvgIpc) is 2.73. The molecule has 1 aromatic heterocycles. The van der Waals surface area contributed by atoms with E-state index in [2.05, 4.69) is 20.8 Å². The van der Waals surface area contributed by atoms with Crippen LogP contribution in [0.3, 0.4) is 0 Å². The van der Waals surface area contributed by atoms with Gasteiger partial charge in [0.05, 0.1) is 25.7 Å². The molecule has 94 valence electrons. The van der Waals surface area contributed by atoms with Gasteiger partial charge in [-0.05, 0) is 27.4 Å². The van der Waals surface area contributed by atoms with Crippen molar-refractivity contribution < 1.29 is 14.6 Å². The van der Waals surface area contributed by atoms with Gasteiger partial charge in [-0.15, -0.1) is 11.3 Å². The van der Waals surface area contributed by atoms with E-state index in [1.54, 1.807) is 11.3 Å². The molecule has 4 nitrogen and oxygen atoms in total. The van der Waals surface area contributed by atoms with Crippen molar-refractivity contribution in [2.45, 2.75) is 12.5 Å². The molecule has 0 bridgehead atoms. The van der Waals surface area contributed by atoms with E-state index in [0.717, 1.165) is 22.4 Å². The minimum absolute atomic E-state index is 0.0502. The highest BCUT2D eigenvalue weighted by Gasteiger charge is 2.27. The molecule has 1 unspecified atom stereocenters. The third-order valence-electron chi connectivity index (χ3n) is 2.80. The molecule has 0 radical (unpaired) electrons. The first-order valence-electron chi connectivity index (χ1n) is 5.45. The maximum atomic E-state index is 11.0. The van der Waals surface area contributed by atoms with Crippen LogP contribution >= 0.6 is 27.3 Å². The molecule has 1 aliphatic heterocycles. The highest BCUT2D eigenvalue weighted by molar-refractivity contribution is 9.10. The number of thiophene rings is 1. The number of halogens is 1. The Kier molecular flexibility index (Phi) is 4.55. The van der Waals surface area contributed by atoms with E-state index < -0.39 is 5.97 Å². The average molecular weight is 320 g/mol. The second kappa shape index (κ2) is 5.95. The lowest BCUT2D eigenvalue weighted by Gasteiger charge is -2.33. The zero-order valence-corrected chi connectivity index (χ0v) is 11.7. The van der Waals surface area contributed by atoms with Crippen LogP contribution in [0.2, 0.25) is 0 Å². The Morgan fingerprint density at radius 3 is 2.82 bits per heavy atom. The number of nitrogens with zero attached hydrogens (tertiary/aromatic N) is 1. The van der Waals surface area contributed by atoms with Crippen LogP contribution in [0.25, 0.3) is 0 Å². The van der Waals surface area contributed by atoms with Gasteiger partial charge < -0.3 is 9.84 Å². The quantitative estimate of drug-likeness (QED) is 0.925. The number of rotatable bonds is 4. The number of hydrogen-bond acceptors (Lipinski definition) is 4. The molecule has 1 aromatic rings. The Balaban J connectivity index is 2.18. The molecular weight excluding hydrogens is 306 g/mol. The van der Waals surface area contributed by atoms with E-state index in [4.69, 9.17) is 9.84 Å². The van der Waals surface area contributed by atoms with Gasteiger partial charge in [0.25, 0.3) is 0 Å². The van der Waals surface area contributed by atoms with E-state index in [-0.39, 0.29) is 12.5 Å². The van der Waals surface area contributed by atoms with Crippen LogP contribution in [0.1, 0.15) is 17.3 Å². The molecule has 0 spiro atoms. The molecule has 1 atom stereocenters. The number of morpholine rings is 1. The second-order valence-corrected chi connectivity index (χ2v) is 5.70. The number of carbonyl (C=O) groups is 1. The molecule has 17 heavy (non-hydrogen) atoms. The lowest BCUT2D eigenvalue weighted by molar-refractivity contribution is -0.139. The monoisotopic (exact) mass is 319 g/mol. The molecule has 0 aliphatic carbocycles. The fourth-order valence-corrected chi connectivity index (χ4v) is 3.76. The summed E-state index contributed by atoms with van der Waals surface area (Å²) in [6.45, 7) is 2.95. The molecule has 0 aromatic carbocycles. The molecule has 6 heteroatoms. The van der Waals surface area contributed by atoms with E-state index in [0.29, 0.717) is 13.2 Å². The summed E-state index contributed by atoms with van der Waals surface area (Å²) < 4.78 is 6.31. The van der Waals surface area contributed by atoms with Gasteiger partial charge in [-0.25, -0.2) is 0 Å². The smallest absolute Gasteiger partial charge is 0.305 e. The zero-order valence-electron chi connectivity index (χ0n) is 9.26. The maximum absolute atomic E-state index is 11.0. The van der Waals surface area contributed by atoms with Gasteiger partial charge in [-0.1, -0.05) is 0 Å². The number of aliphatic carboxylic acids is 1. The molecule has 1 fully saturated rings. The molecule has 1 aliphatic rings. The van der Waals surface area contributed by atoms with Gasteiger partial charge in [-0.2, -0.15) is 0 Å². The standard InChI is InChI=1S/C11H14BrNO3S/c12-8-1-6-17-11(8)9(7-10(14)15)13-2-4-16-5-3-13/h1,6,9H,2-5,7H2,(H,14,15). The SMILES string of the molecule is O=C(O)CC(c1sccc1Br)N1CCOCC1. The Bertz CT molecular complexity index is 390. The van der Waals surface area contributed by atoms with Crippen molar-refractivity contribution in [2.75, 3.05) is 26.3 Å². The van der Waals surface area contributed by atoms with Crippen molar-refractivity contribution in [3.05, 3.63) is 20.8 Å². The predicted molar refractivity (Wildman–Crippen MR) is 69.4 cm³/mol. The van der Waals surface area contributed by atoms with Gasteiger partial charge in [0.2, 0.25) is 0 Å². The zero-order chi connectivity index (χ0) is 12.3. The molecule has 0 amide bonds. The Morgan fingerprint density at radius 2 is 2.29 bits per heavy atom. The van der Waals surface area contributed by atoms with Crippen LogP contribution in [0, 0.1) is 0 Å². The summed E-state index contributed by atoms with van der Waals surface area (Å²) in [5.74, 6) is -0.762. The molecule has 1 N–H and O–H groups in total. The van der Waals surface area contributed by atoms with Gasteiger partial charge in [0.15, 0.2) is 0 Å². The first-order valence-corrected chi connectivity index (χ1v) is 7.12. The first-order chi connectivity index (χ1) is 8.18. The lowest BCUT2D eigenvalue weighted by Crippen LogP contribution is -2.39. The van der Waals surface area contributed by atoms with Gasteiger partial charge in [-0.3, -0.25) is 9.69 Å². The van der Waals surface area contributed by atoms with Crippen LogP contribution < -0.4 is 0 Å². The maximum Gasteiger partial charge on any atom is 0.305 e. The minimum Gasteiger partial charge on any atom is -0.481 e. The first kappa shape index (κ1) is 13.0.